The smallest absolute Gasteiger partial charge is 0.159 e. The van der Waals surface area contributed by atoms with E-state index in [1.54, 1.807) is 6.20 Å². The van der Waals surface area contributed by atoms with Crippen LogP contribution in [0.2, 0.25) is 5.15 Å². The van der Waals surface area contributed by atoms with Crippen molar-refractivity contribution in [3.8, 4) is 11.5 Å². The molecule has 5 heteroatoms. The second kappa shape index (κ2) is 5.27. The van der Waals surface area contributed by atoms with Crippen LogP contribution in [-0.2, 0) is 13.0 Å². The molecule has 0 unspecified atom stereocenters. The maximum absolute atomic E-state index is 6.09. The second-order valence-corrected chi connectivity index (χ2v) is 4.15. The third kappa shape index (κ3) is 2.31. The van der Waals surface area contributed by atoms with E-state index >= 15 is 0 Å². The maximum Gasteiger partial charge on any atom is 0.159 e. The third-order valence-electron chi connectivity index (χ3n) is 2.64. The van der Waals surface area contributed by atoms with Crippen molar-refractivity contribution >= 4 is 11.6 Å². The lowest BCUT2D eigenvalue weighted by Crippen LogP contribution is -2.03. The maximum atomic E-state index is 6.09. The molecule has 0 amide bonds. The number of hydrogen-bond acceptors (Lipinski definition) is 3. The third-order valence-corrected chi connectivity index (χ3v) is 2.96. The minimum atomic E-state index is 0.517. The molecule has 0 aliphatic carbocycles. The molecule has 2 aromatic heterocycles. The number of aryl methyl sites for hydroxylation is 1. The highest BCUT2D eigenvalue weighted by molar-refractivity contribution is 6.30. The topological polar surface area (TPSA) is 43.6 Å². The summed E-state index contributed by atoms with van der Waals surface area (Å²) in [6, 6.07) is 0. The van der Waals surface area contributed by atoms with Crippen LogP contribution in [0.5, 0.6) is 0 Å². The van der Waals surface area contributed by atoms with Crippen molar-refractivity contribution in [2.45, 2.75) is 33.2 Å². The van der Waals surface area contributed by atoms with Gasteiger partial charge in [-0.1, -0.05) is 25.4 Å². The van der Waals surface area contributed by atoms with Gasteiger partial charge in [-0.15, -0.1) is 0 Å². The van der Waals surface area contributed by atoms with Crippen LogP contribution >= 0.6 is 11.6 Å². The average Bonchev–Trinajstić information content (AvgIpc) is 2.77. The van der Waals surface area contributed by atoms with Gasteiger partial charge in [0.1, 0.15) is 17.2 Å². The molecule has 0 fully saturated rings. The van der Waals surface area contributed by atoms with E-state index in [2.05, 4.69) is 26.4 Å². The van der Waals surface area contributed by atoms with Crippen molar-refractivity contribution in [3.05, 3.63) is 29.4 Å². The summed E-state index contributed by atoms with van der Waals surface area (Å²) in [5.41, 5.74) is 1.80. The number of aromatic nitrogens is 4. The Morgan fingerprint density at radius 2 is 2.06 bits per heavy atom. The molecule has 0 aromatic carbocycles. The van der Waals surface area contributed by atoms with Gasteiger partial charge in [0.05, 0.1) is 0 Å². The fourth-order valence-electron chi connectivity index (χ4n) is 1.84. The van der Waals surface area contributed by atoms with Crippen molar-refractivity contribution in [2.75, 3.05) is 0 Å². The van der Waals surface area contributed by atoms with Gasteiger partial charge in [0.25, 0.3) is 0 Å². The molecule has 2 rings (SSSR count). The predicted molar refractivity (Wildman–Crippen MR) is 67.9 cm³/mol. The summed E-state index contributed by atoms with van der Waals surface area (Å²) < 4.78 is 2.10. The molecule has 0 aliphatic heterocycles. The van der Waals surface area contributed by atoms with E-state index in [-0.39, 0.29) is 0 Å². The van der Waals surface area contributed by atoms with E-state index in [0.717, 1.165) is 36.5 Å². The van der Waals surface area contributed by atoms with E-state index in [4.69, 9.17) is 11.6 Å². The quantitative estimate of drug-likeness (QED) is 0.784. The number of halogens is 1. The summed E-state index contributed by atoms with van der Waals surface area (Å²) in [6.45, 7) is 5.11. The van der Waals surface area contributed by atoms with E-state index < -0.39 is 0 Å². The summed E-state index contributed by atoms with van der Waals surface area (Å²) >= 11 is 6.09. The standard InChI is InChI=1S/C12H15ClN4/c1-3-6-17-7-5-14-12(17)10-9(4-2)11(13)16-8-15-10/h5,7-8H,3-4,6H2,1-2H3. The summed E-state index contributed by atoms with van der Waals surface area (Å²) in [4.78, 5) is 12.7. The number of hydrogen-bond donors (Lipinski definition) is 0. The average molecular weight is 251 g/mol. The van der Waals surface area contributed by atoms with E-state index in [9.17, 15) is 0 Å². The molecule has 2 heterocycles. The molecule has 0 bridgehead atoms. The van der Waals surface area contributed by atoms with Crippen LogP contribution in [0.3, 0.4) is 0 Å². The molecular formula is C12H15ClN4. The van der Waals surface area contributed by atoms with E-state index in [1.807, 2.05) is 13.1 Å². The van der Waals surface area contributed by atoms with Crippen molar-refractivity contribution in [1.82, 2.24) is 19.5 Å². The highest BCUT2D eigenvalue weighted by Gasteiger charge is 2.14. The molecule has 0 saturated carbocycles. The monoisotopic (exact) mass is 250 g/mol. The minimum absolute atomic E-state index is 0.517. The van der Waals surface area contributed by atoms with Crippen molar-refractivity contribution in [1.29, 1.82) is 0 Å². The summed E-state index contributed by atoms with van der Waals surface area (Å²) in [7, 11) is 0. The van der Waals surface area contributed by atoms with E-state index in [0.29, 0.717) is 5.15 Å². The Hall–Kier alpha value is -1.42. The van der Waals surface area contributed by atoms with Gasteiger partial charge >= 0.3 is 0 Å². The lowest BCUT2D eigenvalue weighted by atomic mass is 10.1. The first kappa shape index (κ1) is 12.0. The first-order chi connectivity index (χ1) is 8.27. The molecule has 2 aromatic rings. The van der Waals surface area contributed by atoms with Crippen LogP contribution in [0.15, 0.2) is 18.7 Å². The van der Waals surface area contributed by atoms with Gasteiger partial charge in [-0.3, -0.25) is 0 Å². The van der Waals surface area contributed by atoms with Gasteiger partial charge < -0.3 is 4.57 Å². The Balaban J connectivity index is 2.52. The summed E-state index contributed by atoms with van der Waals surface area (Å²) in [5, 5.41) is 0.517. The van der Waals surface area contributed by atoms with Gasteiger partial charge in [0, 0.05) is 24.5 Å². The van der Waals surface area contributed by atoms with Gasteiger partial charge in [0.15, 0.2) is 5.82 Å². The highest BCUT2D eigenvalue weighted by Crippen LogP contribution is 2.24. The largest absolute Gasteiger partial charge is 0.330 e. The first-order valence-corrected chi connectivity index (χ1v) is 6.16. The zero-order valence-electron chi connectivity index (χ0n) is 10.0. The Kier molecular flexibility index (Phi) is 3.74. The molecule has 0 N–H and O–H groups in total. The van der Waals surface area contributed by atoms with Crippen molar-refractivity contribution in [2.24, 2.45) is 0 Å². The zero-order chi connectivity index (χ0) is 12.3. The molecule has 0 radical (unpaired) electrons. The molecule has 4 nitrogen and oxygen atoms in total. The van der Waals surface area contributed by atoms with Crippen LogP contribution in [-0.4, -0.2) is 19.5 Å². The van der Waals surface area contributed by atoms with E-state index in [1.165, 1.54) is 6.33 Å². The molecular weight excluding hydrogens is 236 g/mol. The minimum Gasteiger partial charge on any atom is -0.330 e. The zero-order valence-corrected chi connectivity index (χ0v) is 10.8. The van der Waals surface area contributed by atoms with Crippen LogP contribution in [0.4, 0.5) is 0 Å². The molecule has 17 heavy (non-hydrogen) atoms. The second-order valence-electron chi connectivity index (χ2n) is 3.79. The fraction of sp³-hybridized carbons (Fsp3) is 0.417. The SMILES string of the molecule is CCCn1ccnc1-c1ncnc(Cl)c1CC. The lowest BCUT2D eigenvalue weighted by Gasteiger charge is -2.09. The molecule has 0 spiro atoms. The number of imidazole rings is 1. The number of nitrogens with zero attached hydrogens (tertiary/aromatic N) is 4. The predicted octanol–water partition coefficient (Wildman–Crippen LogP) is 2.97. The summed E-state index contributed by atoms with van der Waals surface area (Å²) in [5.74, 6) is 0.869. The van der Waals surface area contributed by atoms with Crippen LogP contribution in [0.25, 0.3) is 11.5 Å². The van der Waals surface area contributed by atoms with Crippen LogP contribution < -0.4 is 0 Å². The van der Waals surface area contributed by atoms with Gasteiger partial charge in [-0.05, 0) is 12.8 Å². The molecule has 0 atom stereocenters. The van der Waals surface area contributed by atoms with Crippen molar-refractivity contribution in [3.63, 3.8) is 0 Å². The molecule has 0 saturated heterocycles. The van der Waals surface area contributed by atoms with Crippen molar-refractivity contribution < 1.29 is 0 Å². The van der Waals surface area contributed by atoms with Gasteiger partial charge in [-0.2, -0.15) is 0 Å². The molecule has 0 aliphatic rings. The van der Waals surface area contributed by atoms with Gasteiger partial charge in [0.2, 0.25) is 0 Å². The van der Waals surface area contributed by atoms with Gasteiger partial charge in [-0.25, -0.2) is 15.0 Å². The van der Waals surface area contributed by atoms with Crippen LogP contribution in [0, 0.1) is 0 Å². The Morgan fingerprint density at radius 1 is 1.24 bits per heavy atom. The number of rotatable bonds is 4. The lowest BCUT2D eigenvalue weighted by molar-refractivity contribution is 0.683. The highest BCUT2D eigenvalue weighted by atomic mass is 35.5. The first-order valence-electron chi connectivity index (χ1n) is 5.78. The van der Waals surface area contributed by atoms with Crippen LogP contribution in [0.1, 0.15) is 25.8 Å². The Morgan fingerprint density at radius 3 is 2.76 bits per heavy atom. The fourth-order valence-corrected chi connectivity index (χ4v) is 2.11. The summed E-state index contributed by atoms with van der Waals surface area (Å²) in [6.07, 6.45) is 7.11. The normalized spacial score (nSPS) is 10.8. The molecule has 90 valence electrons. The Bertz CT molecular complexity index is 507. The Labute approximate surface area is 106 Å².